The van der Waals surface area contributed by atoms with Crippen LogP contribution >= 0.6 is 0 Å². The molecule has 80 valence electrons. The van der Waals surface area contributed by atoms with Crippen LogP contribution in [-0.4, -0.2) is 48.5 Å². The first-order valence-corrected chi connectivity index (χ1v) is 3.42. The molecule has 7 heteroatoms. The van der Waals surface area contributed by atoms with Crippen molar-refractivity contribution >= 4 is 0 Å². The second kappa shape index (κ2) is 5.36. The molecule has 2 N–H and O–H groups in total. The second-order valence-electron chi connectivity index (χ2n) is 2.41. The fourth-order valence-electron chi connectivity index (χ4n) is 0.447. The smallest absolute Gasteiger partial charge is 0.330 e. The van der Waals surface area contributed by atoms with Crippen LogP contribution in [0.5, 0.6) is 0 Å². The highest BCUT2D eigenvalue weighted by molar-refractivity contribution is 4.68. The Kier molecular flexibility index (Phi) is 5.19. The van der Waals surface area contributed by atoms with Gasteiger partial charge in [-0.25, -0.2) is 8.78 Å². The van der Waals surface area contributed by atoms with Gasteiger partial charge in [-0.1, -0.05) is 0 Å². The lowest BCUT2D eigenvalue weighted by Gasteiger charge is -2.16. The molecule has 0 radical (unpaired) electrons. The van der Waals surface area contributed by atoms with E-state index in [9.17, 15) is 17.6 Å². The SMILES string of the molecule is OC[C@@H](O)COCC(F)(F)C(F)F. The third-order valence-corrected chi connectivity index (χ3v) is 1.13. The van der Waals surface area contributed by atoms with Crippen LogP contribution in [0.25, 0.3) is 0 Å². The number of rotatable bonds is 6. The van der Waals surface area contributed by atoms with Crippen molar-refractivity contribution in [2.45, 2.75) is 18.5 Å². The summed E-state index contributed by atoms with van der Waals surface area (Å²) in [6, 6.07) is 0. The zero-order chi connectivity index (χ0) is 10.5. The molecular formula is C6H10F4O3. The predicted molar refractivity (Wildman–Crippen MR) is 34.9 cm³/mol. The van der Waals surface area contributed by atoms with Gasteiger partial charge in [0.05, 0.1) is 13.2 Å². The Hall–Kier alpha value is -0.400. The van der Waals surface area contributed by atoms with Crippen LogP contribution in [0.15, 0.2) is 0 Å². The molecule has 0 aromatic heterocycles. The Labute approximate surface area is 71.9 Å². The zero-order valence-electron chi connectivity index (χ0n) is 6.59. The van der Waals surface area contributed by atoms with Crippen molar-refractivity contribution in [1.82, 2.24) is 0 Å². The molecule has 0 rings (SSSR count). The maximum atomic E-state index is 12.1. The first-order chi connectivity index (χ1) is 5.90. The van der Waals surface area contributed by atoms with E-state index in [0.29, 0.717) is 0 Å². The standard InChI is InChI=1S/C6H10F4O3/c7-5(8)6(9,10)3-13-2-4(12)1-11/h4-5,11-12H,1-3H2/t4-/m1/s1. The van der Waals surface area contributed by atoms with E-state index >= 15 is 0 Å². The topological polar surface area (TPSA) is 49.7 Å². The predicted octanol–water partition coefficient (Wildman–Crippen LogP) is 0.257. The highest BCUT2D eigenvalue weighted by Crippen LogP contribution is 2.22. The lowest BCUT2D eigenvalue weighted by molar-refractivity contribution is -0.171. The van der Waals surface area contributed by atoms with Crippen LogP contribution in [0.2, 0.25) is 0 Å². The van der Waals surface area contributed by atoms with Crippen molar-refractivity contribution < 1.29 is 32.5 Å². The molecule has 13 heavy (non-hydrogen) atoms. The van der Waals surface area contributed by atoms with Gasteiger partial charge in [-0.2, -0.15) is 8.78 Å². The first-order valence-electron chi connectivity index (χ1n) is 3.42. The van der Waals surface area contributed by atoms with Crippen LogP contribution in [0, 0.1) is 0 Å². The largest absolute Gasteiger partial charge is 0.394 e. The number of alkyl halides is 4. The molecule has 0 heterocycles. The molecule has 0 saturated heterocycles. The van der Waals surface area contributed by atoms with Crippen LogP contribution < -0.4 is 0 Å². The van der Waals surface area contributed by atoms with E-state index in [0.717, 1.165) is 0 Å². The van der Waals surface area contributed by atoms with Crippen molar-refractivity contribution in [2.24, 2.45) is 0 Å². The molecule has 0 bridgehead atoms. The second-order valence-corrected chi connectivity index (χ2v) is 2.41. The summed E-state index contributed by atoms with van der Waals surface area (Å²) in [5.74, 6) is -4.21. The molecule has 1 atom stereocenters. The molecule has 0 fully saturated rings. The molecule has 0 aliphatic carbocycles. The summed E-state index contributed by atoms with van der Waals surface area (Å²) < 4.78 is 51.2. The third-order valence-electron chi connectivity index (χ3n) is 1.13. The van der Waals surface area contributed by atoms with Gasteiger partial charge in [0.15, 0.2) is 0 Å². The first kappa shape index (κ1) is 12.6. The molecule has 0 saturated carbocycles. The summed E-state index contributed by atoms with van der Waals surface area (Å²) in [7, 11) is 0. The number of ether oxygens (including phenoxy) is 1. The van der Waals surface area contributed by atoms with Gasteiger partial charge in [0.25, 0.3) is 0 Å². The van der Waals surface area contributed by atoms with E-state index in [1.807, 2.05) is 0 Å². The van der Waals surface area contributed by atoms with Gasteiger partial charge in [0.1, 0.15) is 12.7 Å². The molecular weight excluding hydrogens is 196 g/mol. The van der Waals surface area contributed by atoms with Gasteiger partial charge in [-0.05, 0) is 0 Å². The fraction of sp³-hybridized carbons (Fsp3) is 1.00. The monoisotopic (exact) mass is 206 g/mol. The summed E-state index contributed by atoms with van der Waals surface area (Å²) in [6.07, 6.45) is -5.12. The highest BCUT2D eigenvalue weighted by atomic mass is 19.3. The van der Waals surface area contributed by atoms with E-state index in [4.69, 9.17) is 10.2 Å². The minimum absolute atomic E-state index is 0.598. The van der Waals surface area contributed by atoms with E-state index in [1.165, 1.54) is 0 Å². The fourth-order valence-corrected chi connectivity index (χ4v) is 0.447. The summed E-state index contributed by atoms with van der Waals surface area (Å²) in [4.78, 5) is 0. The Morgan fingerprint density at radius 3 is 2.23 bits per heavy atom. The molecule has 3 nitrogen and oxygen atoms in total. The van der Waals surface area contributed by atoms with Crippen molar-refractivity contribution in [1.29, 1.82) is 0 Å². The number of hydrogen-bond donors (Lipinski definition) is 2. The summed E-state index contributed by atoms with van der Waals surface area (Å²) in [6.45, 7) is -2.74. The van der Waals surface area contributed by atoms with Crippen LogP contribution in [0.4, 0.5) is 17.6 Å². The molecule has 0 aliphatic heterocycles. The number of aliphatic hydroxyl groups is 2. The van der Waals surface area contributed by atoms with Gasteiger partial charge >= 0.3 is 12.3 Å². The molecule has 0 aromatic rings. The van der Waals surface area contributed by atoms with Gasteiger partial charge in [0, 0.05) is 0 Å². The van der Waals surface area contributed by atoms with E-state index in [-0.39, 0.29) is 0 Å². The van der Waals surface area contributed by atoms with Crippen molar-refractivity contribution in [3.63, 3.8) is 0 Å². The number of aliphatic hydroxyl groups excluding tert-OH is 2. The Morgan fingerprint density at radius 2 is 1.85 bits per heavy atom. The quantitative estimate of drug-likeness (QED) is 0.613. The average molecular weight is 206 g/mol. The van der Waals surface area contributed by atoms with Gasteiger partial charge in [0.2, 0.25) is 0 Å². The van der Waals surface area contributed by atoms with Crippen molar-refractivity contribution in [3.05, 3.63) is 0 Å². The van der Waals surface area contributed by atoms with E-state index < -0.39 is 38.3 Å². The zero-order valence-corrected chi connectivity index (χ0v) is 6.59. The third kappa shape index (κ3) is 5.02. The van der Waals surface area contributed by atoms with Crippen LogP contribution in [0.3, 0.4) is 0 Å². The summed E-state index contributed by atoms with van der Waals surface area (Å²) in [5, 5.41) is 16.8. The van der Waals surface area contributed by atoms with Gasteiger partial charge in [-0.3, -0.25) is 0 Å². The Balaban J connectivity index is 3.63. The number of halogens is 4. The van der Waals surface area contributed by atoms with Crippen molar-refractivity contribution in [3.8, 4) is 0 Å². The summed E-state index contributed by atoms with van der Waals surface area (Å²) in [5.41, 5.74) is 0. The summed E-state index contributed by atoms with van der Waals surface area (Å²) >= 11 is 0. The van der Waals surface area contributed by atoms with Gasteiger partial charge in [-0.15, -0.1) is 0 Å². The molecule has 0 unspecified atom stereocenters. The lowest BCUT2D eigenvalue weighted by Crippen LogP contribution is -2.34. The normalized spacial score (nSPS) is 15.0. The minimum Gasteiger partial charge on any atom is -0.394 e. The minimum atomic E-state index is -4.21. The van der Waals surface area contributed by atoms with Gasteiger partial charge < -0.3 is 14.9 Å². The molecule has 0 aromatic carbocycles. The molecule has 0 amide bonds. The number of hydrogen-bond acceptors (Lipinski definition) is 3. The maximum Gasteiger partial charge on any atom is 0.330 e. The van der Waals surface area contributed by atoms with Crippen molar-refractivity contribution in [2.75, 3.05) is 19.8 Å². The molecule has 0 spiro atoms. The molecule has 0 aliphatic rings. The lowest BCUT2D eigenvalue weighted by atomic mass is 10.3. The van der Waals surface area contributed by atoms with E-state index in [2.05, 4.69) is 4.74 Å². The highest BCUT2D eigenvalue weighted by Gasteiger charge is 2.40. The van der Waals surface area contributed by atoms with Crippen LogP contribution in [-0.2, 0) is 4.74 Å². The average Bonchev–Trinajstić information content (AvgIpc) is 2.03. The van der Waals surface area contributed by atoms with E-state index in [1.54, 1.807) is 0 Å². The van der Waals surface area contributed by atoms with Crippen LogP contribution in [0.1, 0.15) is 0 Å². The maximum absolute atomic E-state index is 12.1. The Bertz CT molecular complexity index is 142. The Morgan fingerprint density at radius 1 is 1.31 bits per heavy atom.